The summed E-state index contributed by atoms with van der Waals surface area (Å²) in [5.74, 6) is 0.0490. The lowest BCUT2D eigenvalue weighted by Crippen LogP contribution is -2.30. The Morgan fingerprint density at radius 2 is 1.73 bits per heavy atom. The van der Waals surface area contributed by atoms with E-state index in [1.807, 2.05) is 36.5 Å². The van der Waals surface area contributed by atoms with Gasteiger partial charge in [0.25, 0.3) is 0 Å². The van der Waals surface area contributed by atoms with Crippen molar-refractivity contribution in [2.45, 2.75) is 18.3 Å². The van der Waals surface area contributed by atoms with Crippen LogP contribution in [0.2, 0.25) is 0 Å². The van der Waals surface area contributed by atoms with Crippen LogP contribution in [-0.2, 0) is 4.79 Å². The van der Waals surface area contributed by atoms with Crippen molar-refractivity contribution in [3.63, 3.8) is 0 Å². The van der Waals surface area contributed by atoms with Gasteiger partial charge in [0, 0.05) is 35.5 Å². The van der Waals surface area contributed by atoms with Crippen LogP contribution in [0.3, 0.4) is 0 Å². The molecule has 0 saturated heterocycles. The number of H-pyrrole nitrogens is 1. The van der Waals surface area contributed by atoms with Crippen molar-refractivity contribution < 1.29 is 9.18 Å². The summed E-state index contributed by atoms with van der Waals surface area (Å²) in [6.45, 7) is 0.539. The monoisotopic (exact) mass is 398 g/mol. The fourth-order valence-corrected chi connectivity index (χ4v) is 4.37. The Labute approximate surface area is 174 Å². The number of halogens is 1. The lowest BCUT2D eigenvalue weighted by atomic mass is 9.91. The summed E-state index contributed by atoms with van der Waals surface area (Å²) in [5.41, 5.74) is 4.49. The summed E-state index contributed by atoms with van der Waals surface area (Å²) >= 11 is 0. The van der Waals surface area contributed by atoms with Crippen LogP contribution in [0.25, 0.3) is 10.9 Å². The second kappa shape index (κ2) is 7.79. The van der Waals surface area contributed by atoms with Crippen LogP contribution in [-0.4, -0.2) is 17.4 Å². The van der Waals surface area contributed by atoms with Crippen LogP contribution in [0.1, 0.15) is 34.9 Å². The predicted molar refractivity (Wildman–Crippen MR) is 117 cm³/mol. The number of carbonyl (C=O) groups is 1. The molecule has 30 heavy (non-hydrogen) atoms. The topological polar surface area (TPSA) is 44.9 Å². The molecule has 4 aromatic rings. The lowest BCUT2D eigenvalue weighted by Gasteiger charge is -2.18. The molecule has 2 N–H and O–H groups in total. The Kier molecular flexibility index (Phi) is 4.83. The minimum Gasteiger partial charge on any atom is -0.361 e. The smallest absolute Gasteiger partial charge is 0.223 e. The number of carbonyl (C=O) groups excluding carboxylic acids is 1. The molecule has 0 spiro atoms. The van der Waals surface area contributed by atoms with E-state index in [2.05, 4.69) is 34.6 Å². The van der Waals surface area contributed by atoms with Crippen molar-refractivity contribution in [3.05, 3.63) is 108 Å². The molecular formula is C26H23FN2O. The molecule has 1 heterocycles. The first kappa shape index (κ1) is 18.6. The third-order valence-corrected chi connectivity index (χ3v) is 6.10. The van der Waals surface area contributed by atoms with Gasteiger partial charge in [-0.25, -0.2) is 4.39 Å². The first-order valence-electron chi connectivity index (χ1n) is 10.3. The molecule has 3 nitrogen and oxygen atoms in total. The first-order valence-corrected chi connectivity index (χ1v) is 10.3. The first-order chi connectivity index (χ1) is 14.7. The van der Waals surface area contributed by atoms with E-state index in [9.17, 15) is 9.18 Å². The van der Waals surface area contributed by atoms with E-state index < -0.39 is 0 Å². The Hall–Kier alpha value is -3.40. The zero-order valence-corrected chi connectivity index (χ0v) is 16.5. The predicted octanol–water partition coefficient (Wildman–Crippen LogP) is 5.36. The van der Waals surface area contributed by atoms with Crippen LogP contribution in [0.4, 0.5) is 4.39 Å². The molecule has 1 aromatic heterocycles. The number of hydrogen-bond donors (Lipinski definition) is 2. The Morgan fingerprint density at radius 3 is 2.53 bits per heavy atom. The van der Waals surface area contributed by atoms with Gasteiger partial charge in [-0.15, -0.1) is 0 Å². The van der Waals surface area contributed by atoms with Gasteiger partial charge in [0.05, 0.1) is 0 Å². The van der Waals surface area contributed by atoms with Crippen molar-refractivity contribution in [3.8, 4) is 0 Å². The number of benzene rings is 3. The minimum absolute atomic E-state index is 0.0325. The van der Waals surface area contributed by atoms with Gasteiger partial charge in [0.15, 0.2) is 0 Å². The molecule has 5 rings (SSSR count). The number of hydrogen-bond acceptors (Lipinski definition) is 1. The Morgan fingerprint density at radius 1 is 1.00 bits per heavy atom. The second-order valence-corrected chi connectivity index (χ2v) is 8.00. The Bertz CT molecular complexity index is 1170. The highest BCUT2D eigenvalue weighted by Gasteiger charge is 2.43. The molecule has 1 aliphatic carbocycles. The molecule has 3 atom stereocenters. The number of amides is 1. The SMILES string of the molecule is O=C(NCC(c1ccccc1)c1c[nH]c2ccccc12)C1CC1c1ccc(F)cc1. The molecule has 1 fully saturated rings. The highest BCUT2D eigenvalue weighted by atomic mass is 19.1. The van der Waals surface area contributed by atoms with Crippen molar-refractivity contribution in [1.29, 1.82) is 0 Å². The molecule has 1 aliphatic rings. The van der Waals surface area contributed by atoms with Crippen molar-refractivity contribution in [1.82, 2.24) is 10.3 Å². The molecule has 1 amide bonds. The Balaban J connectivity index is 1.34. The fraction of sp³-hybridized carbons (Fsp3) is 0.192. The number of rotatable bonds is 6. The van der Waals surface area contributed by atoms with Gasteiger partial charge in [0.1, 0.15) is 5.82 Å². The van der Waals surface area contributed by atoms with E-state index in [1.54, 1.807) is 12.1 Å². The maximum Gasteiger partial charge on any atom is 0.223 e. The molecule has 0 radical (unpaired) electrons. The molecule has 3 unspecified atom stereocenters. The quantitative estimate of drug-likeness (QED) is 0.451. The van der Waals surface area contributed by atoms with Gasteiger partial charge in [0.2, 0.25) is 5.91 Å². The summed E-state index contributed by atoms with van der Waals surface area (Å²) in [4.78, 5) is 16.2. The normalized spacial score (nSPS) is 18.8. The van der Waals surface area contributed by atoms with Crippen LogP contribution >= 0.6 is 0 Å². The van der Waals surface area contributed by atoms with Gasteiger partial charge >= 0.3 is 0 Å². The van der Waals surface area contributed by atoms with E-state index in [1.165, 1.54) is 28.6 Å². The number of nitrogens with one attached hydrogen (secondary N) is 2. The van der Waals surface area contributed by atoms with Crippen molar-refractivity contribution >= 4 is 16.8 Å². The van der Waals surface area contributed by atoms with Crippen LogP contribution in [0.15, 0.2) is 85.1 Å². The highest BCUT2D eigenvalue weighted by molar-refractivity contribution is 5.85. The number of fused-ring (bicyclic) bond motifs is 1. The van der Waals surface area contributed by atoms with Crippen LogP contribution in [0, 0.1) is 11.7 Å². The van der Waals surface area contributed by atoms with Gasteiger partial charge in [-0.3, -0.25) is 4.79 Å². The van der Waals surface area contributed by atoms with Gasteiger partial charge in [-0.05, 0) is 47.2 Å². The summed E-state index contributed by atoms with van der Waals surface area (Å²) < 4.78 is 13.2. The number of aromatic amines is 1. The van der Waals surface area contributed by atoms with Crippen LogP contribution < -0.4 is 5.32 Å². The summed E-state index contributed by atoms with van der Waals surface area (Å²) in [6.07, 6.45) is 2.87. The van der Waals surface area contributed by atoms with E-state index in [-0.39, 0.29) is 29.5 Å². The van der Waals surface area contributed by atoms with E-state index in [4.69, 9.17) is 0 Å². The highest BCUT2D eigenvalue weighted by Crippen LogP contribution is 2.47. The summed E-state index contributed by atoms with van der Waals surface area (Å²) in [7, 11) is 0. The molecule has 0 aliphatic heterocycles. The molecular weight excluding hydrogens is 375 g/mol. The van der Waals surface area contributed by atoms with E-state index >= 15 is 0 Å². The average Bonchev–Trinajstić information content (AvgIpc) is 3.48. The van der Waals surface area contributed by atoms with E-state index in [0.717, 1.165) is 17.5 Å². The molecule has 1 saturated carbocycles. The average molecular weight is 398 g/mol. The largest absolute Gasteiger partial charge is 0.361 e. The van der Waals surface area contributed by atoms with Crippen LogP contribution in [0.5, 0.6) is 0 Å². The number of aromatic nitrogens is 1. The maximum absolute atomic E-state index is 13.2. The summed E-state index contributed by atoms with van der Waals surface area (Å²) in [5, 5.41) is 4.36. The standard InChI is InChI=1S/C26H23FN2O/c27-19-12-10-18(11-13-19)21-14-22(21)26(30)29-15-23(17-6-2-1-3-7-17)24-16-28-25-9-5-4-8-20(24)25/h1-13,16,21-23,28H,14-15H2,(H,29,30). The van der Waals surface area contributed by atoms with Gasteiger partial charge < -0.3 is 10.3 Å². The molecule has 0 bridgehead atoms. The van der Waals surface area contributed by atoms with Gasteiger partial charge in [-0.2, -0.15) is 0 Å². The van der Waals surface area contributed by atoms with Gasteiger partial charge in [-0.1, -0.05) is 60.7 Å². The van der Waals surface area contributed by atoms with Crippen molar-refractivity contribution in [2.75, 3.05) is 6.54 Å². The van der Waals surface area contributed by atoms with Crippen molar-refractivity contribution in [2.24, 2.45) is 5.92 Å². The molecule has 4 heteroatoms. The maximum atomic E-state index is 13.2. The zero-order valence-electron chi connectivity index (χ0n) is 16.5. The van der Waals surface area contributed by atoms with E-state index in [0.29, 0.717) is 6.54 Å². The second-order valence-electron chi connectivity index (χ2n) is 8.00. The molecule has 3 aromatic carbocycles. The fourth-order valence-electron chi connectivity index (χ4n) is 4.37. The minimum atomic E-state index is -0.246. The number of para-hydroxylation sites is 1. The molecule has 150 valence electrons. The zero-order chi connectivity index (χ0) is 20.5. The lowest BCUT2D eigenvalue weighted by molar-refractivity contribution is -0.122. The third kappa shape index (κ3) is 3.61. The third-order valence-electron chi connectivity index (χ3n) is 6.10. The summed E-state index contributed by atoms with van der Waals surface area (Å²) in [6, 6.07) is 25.0.